The molecule has 0 bridgehead atoms. The highest BCUT2D eigenvalue weighted by atomic mass is 32.2. The first-order valence-corrected chi connectivity index (χ1v) is 4.38. The lowest BCUT2D eigenvalue weighted by Crippen LogP contribution is -2.30. The van der Waals surface area contributed by atoms with Crippen molar-refractivity contribution in [1.82, 2.24) is 0 Å². The van der Waals surface area contributed by atoms with Crippen molar-refractivity contribution in [2.75, 3.05) is 25.5 Å². The Morgan fingerprint density at radius 2 is 2.33 bits per heavy atom. The molecule has 3 heteroatoms. The lowest BCUT2D eigenvalue weighted by atomic mass is 10.4. The zero-order valence-corrected chi connectivity index (χ0v) is 6.32. The summed E-state index contributed by atoms with van der Waals surface area (Å²) in [5, 5.41) is 0.775. The van der Waals surface area contributed by atoms with E-state index in [0.717, 1.165) is 31.4 Å². The zero-order valence-electron chi connectivity index (χ0n) is 5.51. The Hall–Kier alpha value is 0.270. The summed E-state index contributed by atoms with van der Waals surface area (Å²) in [4.78, 5) is 0. The molecule has 2 N–H and O–H groups in total. The zero-order chi connectivity index (χ0) is 6.53. The van der Waals surface area contributed by atoms with Crippen molar-refractivity contribution >= 4 is 11.8 Å². The number of nitrogens with two attached hydrogens (primary N) is 1. The monoisotopic (exact) mass is 147 g/mol. The number of rotatable bonds is 4. The first-order valence-electron chi connectivity index (χ1n) is 3.33. The second-order valence-electron chi connectivity index (χ2n) is 2.17. The Morgan fingerprint density at radius 3 is 2.78 bits per heavy atom. The van der Waals surface area contributed by atoms with Crippen LogP contribution in [-0.2, 0) is 4.74 Å². The van der Waals surface area contributed by atoms with Crippen molar-refractivity contribution in [3.63, 3.8) is 0 Å². The van der Waals surface area contributed by atoms with Crippen LogP contribution in [0.1, 0.15) is 6.42 Å². The van der Waals surface area contributed by atoms with Crippen molar-refractivity contribution in [2.45, 2.75) is 11.7 Å². The molecule has 0 unspecified atom stereocenters. The van der Waals surface area contributed by atoms with E-state index in [1.165, 1.54) is 5.75 Å². The average molecular weight is 147 g/mol. The Bertz CT molecular complexity index is 75.5. The van der Waals surface area contributed by atoms with Gasteiger partial charge in [-0.2, -0.15) is 11.8 Å². The van der Waals surface area contributed by atoms with Crippen molar-refractivity contribution in [3.8, 4) is 0 Å². The molecule has 0 aromatic heterocycles. The molecule has 0 aromatic rings. The van der Waals surface area contributed by atoms with E-state index in [4.69, 9.17) is 10.5 Å². The minimum atomic E-state index is 0.775. The molecular formula is C6H13NOS. The summed E-state index contributed by atoms with van der Waals surface area (Å²) < 4.78 is 5.01. The lowest BCUT2D eigenvalue weighted by molar-refractivity contribution is 0.0455. The van der Waals surface area contributed by atoms with Crippen LogP contribution in [0.5, 0.6) is 0 Å². The fraction of sp³-hybridized carbons (Fsp3) is 1.00. The predicted octanol–water partition coefficient (Wildman–Crippen LogP) is 0.467. The van der Waals surface area contributed by atoms with Crippen LogP contribution in [0.15, 0.2) is 0 Å². The van der Waals surface area contributed by atoms with E-state index in [1.807, 2.05) is 11.8 Å². The van der Waals surface area contributed by atoms with Crippen LogP contribution in [0.3, 0.4) is 0 Å². The Morgan fingerprint density at radius 1 is 1.56 bits per heavy atom. The number of thioether (sulfide) groups is 1. The van der Waals surface area contributed by atoms with Gasteiger partial charge < -0.3 is 10.5 Å². The van der Waals surface area contributed by atoms with Crippen LogP contribution >= 0.6 is 11.8 Å². The second-order valence-corrected chi connectivity index (χ2v) is 3.58. The predicted molar refractivity (Wildman–Crippen MR) is 40.7 cm³/mol. The third-order valence-corrected chi connectivity index (χ3v) is 2.58. The van der Waals surface area contributed by atoms with Gasteiger partial charge in [-0.15, -0.1) is 0 Å². The van der Waals surface area contributed by atoms with Crippen LogP contribution < -0.4 is 5.73 Å². The van der Waals surface area contributed by atoms with Crippen LogP contribution in [-0.4, -0.2) is 30.8 Å². The summed E-state index contributed by atoms with van der Waals surface area (Å²) in [6.45, 7) is 2.73. The lowest BCUT2D eigenvalue weighted by Gasteiger charge is -2.24. The van der Waals surface area contributed by atoms with Gasteiger partial charge in [-0.05, 0) is 18.7 Å². The molecule has 1 heterocycles. The third-order valence-electron chi connectivity index (χ3n) is 1.31. The van der Waals surface area contributed by atoms with Gasteiger partial charge in [0, 0.05) is 0 Å². The van der Waals surface area contributed by atoms with Gasteiger partial charge in [-0.25, -0.2) is 0 Å². The molecule has 1 saturated heterocycles. The molecule has 0 saturated carbocycles. The summed E-state index contributed by atoms with van der Waals surface area (Å²) in [7, 11) is 0. The summed E-state index contributed by atoms with van der Waals surface area (Å²) in [5.41, 5.74) is 5.33. The molecule has 0 aromatic carbocycles. The van der Waals surface area contributed by atoms with E-state index in [0.29, 0.717) is 0 Å². The molecule has 2 nitrogen and oxygen atoms in total. The van der Waals surface area contributed by atoms with Gasteiger partial charge in [0.2, 0.25) is 0 Å². The number of hydrogen-bond donors (Lipinski definition) is 1. The molecule has 0 radical (unpaired) electrons. The van der Waals surface area contributed by atoms with E-state index in [1.54, 1.807) is 0 Å². The standard InChI is InChI=1S/C6H13NOS/c7-2-1-3-9-6-4-8-5-6/h6H,1-5,7H2. The Kier molecular flexibility index (Phi) is 3.40. The molecule has 54 valence electrons. The summed E-state index contributed by atoms with van der Waals surface area (Å²) in [6.07, 6.45) is 1.14. The molecule has 1 rings (SSSR count). The van der Waals surface area contributed by atoms with Gasteiger partial charge in [0.25, 0.3) is 0 Å². The summed E-state index contributed by atoms with van der Waals surface area (Å²) >= 11 is 1.98. The number of ether oxygens (including phenoxy) is 1. The van der Waals surface area contributed by atoms with Crippen LogP contribution in [0.2, 0.25) is 0 Å². The van der Waals surface area contributed by atoms with Crippen molar-refractivity contribution in [1.29, 1.82) is 0 Å². The maximum absolute atomic E-state index is 5.33. The second kappa shape index (κ2) is 4.14. The molecule has 0 aliphatic carbocycles. The highest BCUT2D eigenvalue weighted by Gasteiger charge is 2.17. The van der Waals surface area contributed by atoms with Gasteiger partial charge in [0.05, 0.1) is 18.5 Å². The normalized spacial score (nSPS) is 19.7. The average Bonchev–Trinajstić information content (AvgIpc) is 1.76. The van der Waals surface area contributed by atoms with Gasteiger partial charge >= 0.3 is 0 Å². The Balaban J connectivity index is 1.80. The minimum Gasteiger partial charge on any atom is -0.379 e. The smallest absolute Gasteiger partial charge is 0.0607 e. The highest BCUT2D eigenvalue weighted by molar-refractivity contribution is 8.00. The molecular weight excluding hydrogens is 134 g/mol. The van der Waals surface area contributed by atoms with E-state index in [9.17, 15) is 0 Å². The minimum absolute atomic E-state index is 0.775. The van der Waals surface area contributed by atoms with E-state index >= 15 is 0 Å². The fourth-order valence-electron chi connectivity index (χ4n) is 0.644. The quantitative estimate of drug-likeness (QED) is 0.587. The maximum Gasteiger partial charge on any atom is 0.0607 e. The van der Waals surface area contributed by atoms with Gasteiger partial charge in [-0.3, -0.25) is 0 Å². The Labute approximate surface area is 60.1 Å². The topological polar surface area (TPSA) is 35.2 Å². The first kappa shape index (κ1) is 7.38. The maximum atomic E-state index is 5.33. The summed E-state index contributed by atoms with van der Waals surface area (Å²) in [6, 6.07) is 0. The van der Waals surface area contributed by atoms with Crippen LogP contribution in [0, 0.1) is 0 Å². The van der Waals surface area contributed by atoms with Gasteiger partial charge in [0.15, 0.2) is 0 Å². The molecule has 1 aliphatic rings. The first-order chi connectivity index (χ1) is 4.43. The molecule has 1 fully saturated rings. The SMILES string of the molecule is NCCCSC1COC1. The fourth-order valence-corrected chi connectivity index (χ4v) is 1.70. The largest absolute Gasteiger partial charge is 0.379 e. The third kappa shape index (κ3) is 2.56. The van der Waals surface area contributed by atoms with Gasteiger partial charge in [0.1, 0.15) is 0 Å². The molecule has 9 heavy (non-hydrogen) atoms. The van der Waals surface area contributed by atoms with Gasteiger partial charge in [-0.1, -0.05) is 0 Å². The summed E-state index contributed by atoms with van der Waals surface area (Å²) in [5.74, 6) is 1.20. The molecule has 0 atom stereocenters. The highest BCUT2D eigenvalue weighted by Crippen LogP contribution is 2.18. The van der Waals surface area contributed by atoms with Crippen molar-refractivity contribution < 1.29 is 4.74 Å². The van der Waals surface area contributed by atoms with Crippen molar-refractivity contribution in [2.24, 2.45) is 5.73 Å². The van der Waals surface area contributed by atoms with E-state index in [-0.39, 0.29) is 0 Å². The molecule has 0 spiro atoms. The van der Waals surface area contributed by atoms with Crippen molar-refractivity contribution in [3.05, 3.63) is 0 Å². The van der Waals surface area contributed by atoms with E-state index in [2.05, 4.69) is 0 Å². The van der Waals surface area contributed by atoms with Crippen LogP contribution in [0.4, 0.5) is 0 Å². The molecule has 0 amide bonds. The number of hydrogen-bond acceptors (Lipinski definition) is 3. The van der Waals surface area contributed by atoms with E-state index < -0.39 is 0 Å². The molecule has 1 aliphatic heterocycles. The van der Waals surface area contributed by atoms with Crippen LogP contribution in [0.25, 0.3) is 0 Å².